The number of aryl methyl sites for hydroxylation is 1. The fraction of sp³-hybridized carbons (Fsp3) is 0.222. The van der Waals surface area contributed by atoms with Gasteiger partial charge in [-0.3, -0.25) is 9.59 Å². The largest absolute Gasteiger partial charge is 0.326 e. The van der Waals surface area contributed by atoms with Gasteiger partial charge in [-0.25, -0.2) is 0 Å². The van der Waals surface area contributed by atoms with Crippen LogP contribution in [0.5, 0.6) is 0 Å². The van der Waals surface area contributed by atoms with Gasteiger partial charge in [0.05, 0.1) is 5.92 Å². The number of carbonyl (C=O) groups is 2. The molecule has 0 unspecified atom stereocenters. The molecule has 0 fully saturated rings. The molecule has 3 rings (SSSR count). The zero-order valence-electron chi connectivity index (χ0n) is 12.7. The lowest BCUT2D eigenvalue weighted by molar-refractivity contribution is -0.124. The topological polar surface area (TPSA) is 49.4 Å². The number of carbonyl (C=O) groups excluding carboxylic acids is 2. The Hall–Kier alpha value is -2.62. The predicted octanol–water partition coefficient (Wildman–Crippen LogP) is 3.08. The molecule has 22 heavy (non-hydrogen) atoms. The Kier molecular flexibility index (Phi) is 3.67. The van der Waals surface area contributed by atoms with E-state index in [1.807, 2.05) is 55.5 Å². The van der Waals surface area contributed by atoms with Crippen LogP contribution in [0.4, 0.5) is 11.4 Å². The zero-order chi connectivity index (χ0) is 15.7. The van der Waals surface area contributed by atoms with Crippen molar-refractivity contribution in [1.82, 2.24) is 0 Å². The summed E-state index contributed by atoms with van der Waals surface area (Å²) in [7, 11) is 1.76. The van der Waals surface area contributed by atoms with E-state index in [1.54, 1.807) is 11.9 Å². The monoisotopic (exact) mass is 294 g/mol. The third kappa shape index (κ3) is 2.60. The summed E-state index contributed by atoms with van der Waals surface area (Å²) in [6.45, 7) is 1.99. The summed E-state index contributed by atoms with van der Waals surface area (Å²) in [6.07, 6.45) is 0.187. The maximum atomic E-state index is 12.9. The molecule has 0 spiro atoms. The lowest BCUT2D eigenvalue weighted by Crippen LogP contribution is -2.36. The number of anilines is 2. The highest BCUT2D eigenvalue weighted by molar-refractivity contribution is 6.05. The van der Waals surface area contributed by atoms with E-state index in [1.165, 1.54) is 0 Å². The summed E-state index contributed by atoms with van der Waals surface area (Å²) in [6, 6.07) is 15.3. The molecule has 2 aromatic rings. The van der Waals surface area contributed by atoms with Gasteiger partial charge in [0.2, 0.25) is 11.8 Å². The van der Waals surface area contributed by atoms with Crippen molar-refractivity contribution in [1.29, 1.82) is 0 Å². The molecule has 0 saturated carbocycles. The van der Waals surface area contributed by atoms with Crippen molar-refractivity contribution in [3.63, 3.8) is 0 Å². The second-order valence-electron chi connectivity index (χ2n) is 5.63. The molecule has 2 aromatic carbocycles. The van der Waals surface area contributed by atoms with E-state index in [0.29, 0.717) is 0 Å². The third-order valence-corrected chi connectivity index (χ3v) is 4.02. The SMILES string of the molecule is Cc1cccc(N(C)C(=O)[C@H]2CC(=O)Nc3ccccc32)c1. The second-order valence-corrected chi connectivity index (χ2v) is 5.63. The van der Waals surface area contributed by atoms with Crippen molar-refractivity contribution in [2.45, 2.75) is 19.3 Å². The summed E-state index contributed by atoms with van der Waals surface area (Å²) < 4.78 is 0. The molecule has 4 nitrogen and oxygen atoms in total. The highest BCUT2D eigenvalue weighted by atomic mass is 16.2. The van der Waals surface area contributed by atoms with E-state index in [-0.39, 0.29) is 18.2 Å². The fourth-order valence-corrected chi connectivity index (χ4v) is 2.83. The van der Waals surface area contributed by atoms with E-state index < -0.39 is 5.92 Å². The first kappa shape index (κ1) is 14.3. The zero-order valence-corrected chi connectivity index (χ0v) is 12.7. The van der Waals surface area contributed by atoms with Crippen LogP contribution < -0.4 is 10.2 Å². The lowest BCUT2D eigenvalue weighted by atomic mass is 9.89. The second kappa shape index (κ2) is 5.64. The van der Waals surface area contributed by atoms with Crippen LogP contribution in [0.3, 0.4) is 0 Å². The van der Waals surface area contributed by atoms with Crippen LogP contribution in [0, 0.1) is 6.92 Å². The Bertz CT molecular complexity index is 739. The molecule has 0 aliphatic carbocycles. The standard InChI is InChI=1S/C18H18N2O2/c1-12-6-5-7-13(10-12)20(2)18(22)15-11-17(21)19-16-9-4-3-8-14(15)16/h3-10,15H,11H2,1-2H3,(H,19,21)/t15-/m0/s1. The maximum absolute atomic E-state index is 12.9. The number of amides is 2. The lowest BCUT2D eigenvalue weighted by Gasteiger charge is -2.28. The smallest absolute Gasteiger partial charge is 0.234 e. The number of fused-ring (bicyclic) bond motifs is 1. The molecule has 112 valence electrons. The normalized spacial score (nSPS) is 16.6. The van der Waals surface area contributed by atoms with Crippen LogP contribution in [0.2, 0.25) is 0 Å². The molecule has 0 saturated heterocycles. The molecule has 1 heterocycles. The molecule has 0 bridgehead atoms. The average molecular weight is 294 g/mol. The van der Waals surface area contributed by atoms with Gasteiger partial charge in [0, 0.05) is 24.8 Å². The van der Waals surface area contributed by atoms with E-state index in [0.717, 1.165) is 22.5 Å². The molecular formula is C18H18N2O2. The summed E-state index contributed by atoms with van der Waals surface area (Å²) in [5.74, 6) is -0.613. The molecule has 1 aliphatic rings. The van der Waals surface area contributed by atoms with E-state index >= 15 is 0 Å². The molecule has 0 aromatic heterocycles. The summed E-state index contributed by atoms with van der Waals surface area (Å²) in [5, 5.41) is 2.82. The molecule has 1 N–H and O–H groups in total. The third-order valence-electron chi connectivity index (χ3n) is 4.02. The highest BCUT2D eigenvalue weighted by Gasteiger charge is 2.32. The van der Waals surface area contributed by atoms with Crippen LogP contribution in [-0.2, 0) is 9.59 Å². The number of likely N-dealkylation sites (N-methyl/N-ethyl adjacent to an activating group) is 1. The minimum Gasteiger partial charge on any atom is -0.326 e. The van der Waals surface area contributed by atoms with Gasteiger partial charge in [-0.05, 0) is 36.2 Å². The van der Waals surface area contributed by atoms with Crippen molar-refractivity contribution >= 4 is 23.2 Å². The Labute approximate surface area is 129 Å². The maximum Gasteiger partial charge on any atom is 0.234 e. The van der Waals surface area contributed by atoms with Gasteiger partial charge in [0.1, 0.15) is 0 Å². The van der Waals surface area contributed by atoms with Crippen LogP contribution in [0.15, 0.2) is 48.5 Å². The number of rotatable bonds is 2. The van der Waals surface area contributed by atoms with Gasteiger partial charge in [0.15, 0.2) is 0 Å². The number of nitrogens with one attached hydrogen (secondary N) is 1. The quantitative estimate of drug-likeness (QED) is 0.925. The molecule has 0 radical (unpaired) electrons. The van der Waals surface area contributed by atoms with Crippen molar-refractivity contribution < 1.29 is 9.59 Å². The average Bonchev–Trinajstić information content (AvgIpc) is 2.52. The molecule has 2 amide bonds. The van der Waals surface area contributed by atoms with Crippen molar-refractivity contribution in [2.24, 2.45) is 0 Å². The first-order valence-electron chi connectivity index (χ1n) is 7.29. The van der Waals surface area contributed by atoms with E-state index in [9.17, 15) is 9.59 Å². The minimum atomic E-state index is -0.435. The van der Waals surface area contributed by atoms with Crippen LogP contribution in [0.1, 0.15) is 23.5 Å². The minimum absolute atomic E-state index is 0.0621. The Morgan fingerprint density at radius 3 is 2.73 bits per heavy atom. The first-order chi connectivity index (χ1) is 10.6. The Morgan fingerprint density at radius 2 is 1.95 bits per heavy atom. The van der Waals surface area contributed by atoms with Gasteiger partial charge >= 0.3 is 0 Å². The fourth-order valence-electron chi connectivity index (χ4n) is 2.83. The summed E-state index contributed by atoms with van der Waals surface area (Å²) in [4.78, 5) is 26.4. The Morgan fingerprint density at radius 1 is 1.18 bits per heavy atom. The Balaban J connectivity index is 1.93. The first-order valence-corrected chi connectivity index (χ1v) is 7.29. The molecule has 4 heteroatoms. The number of para-hydroxylation sites is 1. The summed E-state index contributed by atoms with van der Waals surface area (Å²) >= 11 is 0. The number of benzene rings is 2. The van der Waals surface area contributed by atoms with Crippen molar-refractivity contribution in [3.05, 3.63) is 59.7 Å². The number of hydrogen-bond donors (Lipinski definition) is 1. The van der Waals surface area contributed by atoms with E-state index in [4.69, 9.17) is 0 Å². The molecule has 1 atom stereocenters. The van der Waals surface area contributed by atoms with E-state index in [2.05, 4.69) is 5.32 Å². The molecular weight excluding hydrogens is 276 g/mol. The van der Waals surface area contributed by atoms with Crippen LogP contribution in [0.25, 0.3) is 0 Å². The highest BCUT2D eigenvalue weighted by Crippen LogP contribution is 2.34. The summed E-state index contributed by atoms with van der Waals surface area (Å²) in [5.41, 5.74) is 3.55. The predicted molar refractivity (Wildman–Crippen MR) is 87.0 cm³/mol. The van der Waals surface area contributed by atoms with Gasteiger partial charge in [-0.2, -0.15) is 0 Å². The van der Waals surface area contributed by atoms with Crippen molar-refractivity contribution in [2.75, 3.05) is 17.3 Å². The number of nitrogens with zero attached hydrogens (tertiary/aromatic N) is 1. The van der Waals surface area contributed by atoms with Gasteiger partial charge < -0.3 is 10.2 Å². The van der Waals surface area contributed by atoms with Crippen LogP contribution >= 0.6 is 0 Å². The van der Waals surface area contributed by atoms with Crippen LogP contribution in [-0.4, -0.2) is 18.9 Å². The van der Waals surface area contributed by atoms with Gasteiger partial charge in [0.25, 0.3) is 0 Å². The van der Waals surface area contributed by atoms with Gasteiger partial charge in [-0.15, -0.1) is 0 Å². The number of hydrogen-bond acceptors (Lipinski definition) is 2. The van der Waals surface area contributed by atoms with Crippen molar-refractivity contribution in [3.8, 4) is 0 Å². The molecule has 1 aliphatic heterocycles. The van der Waals surface area contributed by atoms with Gasteiger partial charge in [-0.1, -0.05) is 30.3 Å².